The molecule has 0 radical (unpaired) electrons. The molecule has 2 nitrogen and oxygen atoms in total. The third-order valence-corrected chi connectivity index (χ3v) is 3.34. The van der Waals surface area contributed by atoms with E-state index < -0.39 is 12.7 Å². The summed E-state index contributed by atoms with van der Waals surface area (Å²) in [5, 5.41) is 0. The van der Waals surface area contributed by atoms with Crippen LogP contribution in [0.1, 0.15) is 18.1 Å². The zero-order valence-electron chi connectivity index (χ0n) is 10.1. The summed E-state index contributed by atoms with van der Waals surface area (Å²) in [5.74, 6) is 0. The highest BCUT2D eigenvalue weighted by Gasteiger charge is 2.30. The van der Waals surface area contributed by atoms with Crippen LogP contribution in [0.2, 0.25) is 0 Å². The van der Waals surface area contributed by atoms with Crippen molar-refractivity contribution in [1.82, 2.24) is 4.90 Å². The van der Waals surface area contributed by atoms with Crippen molar-refractivity contribution in [3.05, 3.63) is 33.8 Å². The van der Waals surface area contributed by atoms with Crippen molar-refractivity contribution < 1.29 is 13.2 Å². The molecule has 102 valence electrons. The standard InChI is InChI=1S/C12H16BrF3N2/c1-2-18(8-12(14,15)16)7-10-4-3-9(6-17)5-11(10)13/h3-5H,2,6-8,17H2,1H3. The van der Waals surface area contributed by atoms with E-state index in [4.69, 9.17) is 5.73 Å². The Bertz CT molecular complexity index is 393. The molecule has 0 aliphatic rings. The molecular weight excluding hydrogens is 309 g/mol. The van der Waals surface area contributed by atoms with Gasteiger partial charge in [0.05, 0.1) is 6.54 Å². The highest BCUT2D eigenvalue weighted by atomic mass is 79.9. The highest BCUT2D eigenvalue weighted by molar-refractivity contribution is 9.10. The minimum Gasteiger partial charge on any atom is -0.326 e. The summed E-state index contributed by atoms with van der Waals surface area (Å²) in [5.41, 5.74) is 7.28. The Morgan fingerprint density at radius 1 is 1.33 bits per heavy atom. The minimum absolute atomic E-state index is 0.265. The lowest BCUT2D eigenvalue weighted by molar-refractivity contribution is -0.146. The number of nitrogens with two attached hydrogens (primary N) is 1. The molecule has 0 bridgehead atoms. The second-order valence-corrected chi connectivity index (χ2v) is 4.90. The van der Waals surface area contributed by atoms with Gasteiger partial charge >= 0.3 is 6.18 Å². The Morgan fingerprint density at radius 3 is 2.44 bits per heavy atom. The molecule has 6 heteroatoms. The molecule has 1 rings (SSSR count). The maximum absolute atomic E-state index is 12.3. The summed E-state index contributed by atoms with van der Waals surface area (Å²) in [7, 11) is 0. The van der Waals surface area contributed by atoms with Gasteiger partial charge in [0.1, 0.15) is 0 Å². The molecule has 0 unspecified atom stereocenters. The average Bonchev–Trinajstić information content (AvgIpc) is 2.28. The molecule has 1 aromatic carbocycles. The van der Waals surface area contributed by atoms with Crippen LogP contribution in [0.3, 0.4) is 0 Å². The molecule has 0 saturated heterocycles. The zero-order valence-corrected chi connectivity index (χ0v) is 11.7. The van der Waals surface area contributed by atoms with Gasteiger partial charge < -0.3 is 5.73 Å². The summed E-state index contributed by atoms with van der Waals surface area (Å²) >= 11 is 3.36. The van der Waals surface area contributed by atoms with Crippen LogP contribution in [-0.2, 0) is 13.1 Å². The van der Waals surface area contributed by atoms with Gasteiger partial charge in [0.2, 0.25) is 0 Å². The van der Waals surface area contributed by atoms with Crippen LogP contribution in [0, 0.1) is 0 Å². The lowest BCUT2D eigenvalue weighted by Crippen LogP contribution is -2.33. The van der Waals surface area contributed by atoms with E-state index in [-0.39, 0.29) is 6.54 Å². The van der Waals surface area contributed by atoms with Gasteiger partial charge in [-0.3, -0.25) is 4.90 Å². The summed E-state index contributed by atoms with van der Waals surface area (Å²) < 4.78 is 37.8. The van der Waals surface area contributed by atoms with E-state index in [1.165, 1.54) is 4.90 Å². The lowest BCUT2D eigenvalue weighted by atomic mass is 10.1. The number of hydrogen-bond donors (Lipinski definition) is 1. The first kappa shape index (κ1) is 15.5. The Morgan fingerprint density at radius 2 is 2.00 bits per heavy atom. The molecule has 0 amide bonds. The van der Waals surface area contributed by atoms with Crippen molar-refractivity contribution in [2.24, 2.45) is 5.73 Å². The summed E-state index contributed by atoms with van der Waals surface area (Å²) in [6.45, 7) is 1.85. The Labute approximate surface area is 113 Å². The SMILES string of the molecule is CCN(Cc1ccc(CN)cc1Br)CC(F)(F)F. The molecule has 0 saturated carbocycles. The van der Waals surface area contributed by atoms with Crippen molar-refractivity contribution in [1.29, 1.82) is 0 Å². The molecule has 0 aromatic heterocycles. The Balaban J connectivity index is 2.76. The van der Waals surface area contributed by atoms with Gasteiger partial charge in [0.15, 0.2) is 0 Å². The van der Waals surface area contributed by atoms with Crippen molar-refractivity contribution in [2.75, 3.05) is 13.1 Å². The van der Waals surface area contributed by atoms with Gasteiger partial charge in [-0.15, -0.1) is 0 Å². The van der Waals surface area contributed by atoms with Gasteiger partial charge in [0, 0.05) is 17.6 Å². The van der Waals surface area contributed by atoms with E-state index in [0.717, 1.165) is 15.6 Å². The van der Waals surface area contributed by atoms with Gasteiger partial charge in [-0.25, -0.2) is 0 Å². The van der Waals surface area contributed by atoms with Crippen LogP contribution in [-0.4, -0.2) is 24.2 Å². The fourth-order valence-corrected chi connectivity index (χ4v) is 2.17. The predicted molar refractivity (Wildman–Crippen MR) is 69.0 cm³/mol. The number of alkyl halides is 3. The molecule has 0 fully saturated rings. The van der Waals surface area contributed by atoms with E-state index in [1.54, 1.807) is 6.92 Å². The quantitative estimate of drug-likeness (QED) is 0.900. The highest BCUT2D eigenvalue weighted by Crippen LogP contribution is 2.22. The fourth-order valence-electron chi connectivity index (χ4n) is 1.62. The molecule has 0 atom stereocenters. The average molecular weight is 325 g/mol. The number of hydrogen-bond acceptors (Lipinski definition) is 2. The molecule has 0 aliphatic heterocycles. The smallest absolute Gasteiger partial charge is 0.326 e. The molecule has 0 aliphatic carbocycles. The van der Waals surface area contributed by atoms with Gasteiger partial charge in [-0.05, 0) is 23.7 Å². The summed E-state index contributed by atoms with van der Waals surface area (Å²) in [6.07, 6.45) is -4.17. The number of benzene rings is 1. The third-order valence-electron chi connectivity index (χ3n) is 2.60. The molecule has 2 N–H and O–H groups in total. The van der Waals surface area contributed by atoms with E-state index in [0.29, 0.717) is 13.1 Å². The monoisotopic (exact) mass is 324 g/mol. The topological polar surface area (TPSA) is 29.3 Å². The number of nitrogens with zero attached hydrogens (tertiary/aromatic N) is 1. The first-order valence-corrected chi connectivity index (χ1v) is 6.41. The van der Waals surface area contributed by atoms with E-state index >= 15 is 0 Å². The Hall–Kier alpha value is -0.590. The van der Waals surface area contributed by atoms with Crippen LogP contribution in [0.4, 0.5) is 13.2 Å². The van der Waals surface area contributed by atoms with Crippen LogP contribution in [0.15, 0.2) is 22.7 Å². The third kappa shape index (κ3) is 4.96. The second kappa shape index (κ2) is 6.54. The molecule has 1 aromatic rings. The summed E-state index contributed by atoms with van der Waals surface area (Å²) in [6, 6.07) is 5.49. The maximum Gasteiger partial charge on any atom is 0.401 e. The van der Waals surface area contributed by atoms with Crippen molar-refractivity contribution in [3.63, 3.8) is 0 Å². The second-order valence-electron chi connectivity index (χ2n) is 4.05. The molecule has 0 heterocycles. The normalized spacial score (nSPS) is 12.2. The van der Waals surface area contributed by atoms with E-state index in [2.05, 4.69) is 15.9 Å². The maximum atomic E-state index is 12.3. The summed E-state index contributed by atoms with van der Waals surface area (Å²) in [4.78, 5) is 1.35. The van der Waals surface area contributed by atoms with Crippen molar-refractivity contribution in [3.8, 4) is 0 Å². The first-order valence-electron chi connectivity index (χ1n) is 5.62. The molecule has 18 heavy (non-hydrogen) atoms. The lowest BCUT2D eigenvalue weighted by Gasteiger charge is -2.22. The van der Waals surface area contributed by atoms with Crippen LogP contribution < -0.4 is 5.73 Å². The minimum atomic E-state index is -4.17. The first-order chi connectivity index (χ1) is 8.35. The van der Waals surface area contributed by atoms with Crippen molar-refractivity contribution >= 4 is 15.9 Å². The zero-order chi connectivity index (χ0) is 13.8. The van der Waals surface area contributed by atoms with Crippen LogP contribution in [0.25, 0.3) is 0 Å². The van der Waals surface area contributed by atoms with Crippen LogP contribution >= 0.6 is 15.9 Å². The van der Waals surface area contributed by atoms with Gasteiger partial charge in [-0.1, -0.05) is 35.0 Å². The largest absolute Gasteiger partial charge is 0.401 e. The van der Waals surface area contributed by atoms with Crippen LogP contribution in [0.5, 0.6) is 0 Å². The van der Waals surface area contributed by atoms with Gasteiger partial charge in [-0.2, -0.15) is 13.2 Å². The predicted octanol–water partition coefficient (Wildman–Crippen LogP) is 3.29. The van der Waals surface area contributed by atoms with Gasteiger partial charge in [0.25, 0.3) is 0 Å². The molecular formula is C12H16BrF3N2. The number of rotatable bonds is 5. The fraction of sp³-hybridized carbons (Fsp3) is 0.500. The van der Waals surface area contributed by atoms with Crippen molar-refractivity contribution in [2.45, 2.75) is 26.2 Å². The molecule has 0 spiro atoms. The number of halogens is 4. The van der Waals surface area contributed by atoms with E-state index in [9.17, 15) is 13.2 Å². The Kier molecular flexibility index (Phi) is 5.62. The van der Waals surface area contributed by atoms with E-state index in [1.807, 2.05) is 18.2 Å².